The van der Waals surface area contributed by atoms with Crippen molar-refractivity contribution in [3.8, 4) is 11.5 Å². The number of carbonyl (C=O) groups excluding carboxylic acids is 2. The Hall–Kier alpha value is -3.09. The van der Waals surface area contributed by atoms with Gasteiger partial charge in [0.25, 0.3) is 0 Å². The summed E-state index contributed by atoms with van der Waals surface area (Å²) in [6, 6.07) is 10.4. The lowest BCUT2D eigenvalue weighted by atomic mass is 9.99. The molecule has 2 aromatic rings. The molecule has 0 radical (unpaired) electrons. The minimum Gasteiger partial charge on any atom is -0.486 e. The van der Waals surface area contributed by atoms with E-state index in [9.17, 15) is 14.0 Å². The molecule has 2 fully saturated rings. The average Bonchev–Trinajstić information content (AvgIpc) is 3.53. The van der Waals surface area contributed by atoms with Crippen molar-refractivity contribution >= 4 is 17.5 Å². The second-order valence-corrected chi connectivity index (χ2v) is 8.59. The third kappa shape index (κ3) is 3.96. The summed E-state index contributed by atoms with van der Waals surface area (Å²) in [7, 11) is 0. The molecule has 5 rings (SSSR count). The Kier molecular flexibility index (Phi) is 5.04. The number of carbonyl (C=O) groups is 2. The Labute approximate surface area is 180 Å². The van der Waals surface area contributed by atoms with Gasteiger partial charge in [-0.15, -0.1) is 0 Å². The van der Waals surface area contributed by atoms with Crippen LogP contribution in [-0.4, -0.2) is 31.6 Å². The van der Waals surface area contributed by atoms with Crippen LogP contribution in [0.2, 0.25) is 0 Å². The van der Waals surface area contributed by atoms with Gasteiger partial charge in [-0.25, -0.2) is 4.39 Å². The molecule has 7 heteroatoms. The number of rotatable bonds is 5. The fraction of sp³-hybridized carbons (Fsp3) is 0.417. The molecule has 1 N–H and O–H groups in total. The van der Waals surface area contributed by atoms with Crippen LogP contribution in [0.15, 0.2) is 36.4 Å². The first-order chi connectivity index (χ1) is 15.0. The van der Waals surface area contributed by atoms with Crippen molar-refractivity contribution in [3.05, 3.63) is 53.3 Å². The van der Waals surface area contributed by atoms with Crippen LogP contribution >= 0.6 is 0 Å². The lowest BCUT2D eigenvalue weighted by Gasteiger charge is -2.24. The zero-order valence-corrected chi connectivity index (χ0v) is 17.4. The first-order valence-electron chi connectivity index (χ1n) is 10.8. The molecule has 1 saturated heterocycles. The van der Waals surface area contributed by atoms with Gasteiger partial charge in [0, 0.05) is 13.0 Å². The van der Waals surface area contributed by atoms with Gasteiger partial charge in [0.2, 0.25) is 11.8 Å². The number of nitrogens with zero attached hydrogens (tertiary/aromatic N) is 1. The Morgan fingerprint density at radius 2 is 1.90 bits per heavy atom. The molecule has 31 heavy (non-hydrogen) atoms. The number of amides is 2. The second-order valence-electron chi connectivity index (χ2n) is 8.59. The van der Waals surface area contributed by atoms with Crippen LogP contribution in [0.5, 0.6) is 11.5 Å². The van der Waals surface area contributed by atoms with Crippen LogP contribution in [0.3, 0.4) is 0 Å². The van der Waals surface area contributed by atoms with Crippen LogP contribution in [0.4, 0.5) is 10.1 Å². The molecule has 2 amide bonds. The lowest BCUT2D eigenvalue weighted by Crippen LogP contribution is -2.36. The smallest absolute Gasteiger partial charge is 0.227 e. The Balaban J connectivity index is 1.31. The first-order valence-corrected chi connectivity index (χ1v) is 10.8. The normalized spacial score (nSPS) is 21.2. The van der Waals surface area contributed by atoms with Gasteiger partial charge < -0.3 is 19.7 Å². The van der Waals surface area contributed by atoms with Gasteiger partial charge in [-0.05, 0) is 61.1 Å². The van der Waals surface area contributed by atoms with E-state index in [1.807, 2.05) is 18.2 Å². The summed E-state index contributed by atoms with van der Waals surface area (Å²) in [5.41, 5.74) is 2.00. The molecule has 1 aliphatic carbocycles. The van der Waals surface area contributed by atoms with Crippen LogP contribution in [0.25, 0.3) is 0 Å². The topological polar surface area (TPSA) is 67.9 Å². The van der Waals surface area contributed by atoms with E-state index < -0.39 is 11.7 Å². The van der Waals surface area contributed by atoms with Crippen LogP contribution in [-0.2, 0) is 9.59 Å². The van der Waals surface area contributed by atoms with E-state index in [1.165, 1.54) is 11.0 Å². The number of halogens is 1. The number of hydrogen-bond acceptors (Lipinski definition) is 4. The van der Waals surface area contributed by atoms with E-state index in [0.717, 1.165) is 24.0 Å². The van der Waals surface area contributed by atoms with Crippen molar-refractivity contribution in [1.29, 1.82) is 0 Å². The third-order valence-electron chi connectivity index (χ3n) is 6.21. The van der Waals surface area contributed by atoms with Crippen molar-refractivity contribution in [1.82, 2.24) is 5.32 Å². The standard InChI is InChI=1S/C24H25FN2O4/c1-14-2-6-19(18(25)10-14)27-13-17(12-22(27)28)24(29)26-23(15-3-4-15)16-5-7-20-21(11-16)31-9-8-30-20/h2,5-7,10-11,15,17,23H,3-4,8-9,12-13H2,1H3,(H,26,29). The maximum atomic E-state index is 14.4. The van der Waals surface area contributed by atoms with E-state index in [2.05, 4.69) is 5.32 Å². The van der Waals surface area contributed by atoms with Gasteiger partial charge in [-0.1, -0.05) is 12.1 Å². The van der Waals surface area contributed by atoms with Crippen LogP contribution in [0.1, 0.15) is 36.4 Å². The highest BCUT2D eigenvalue weighted by Crippen LogP contribution is 2.43. The summed E-state index contributed by atoms with van der Waals surface area (Å²) in [6.07, 6.45) is 2.17. The molecule has 6 nitrogen and oxygen atoms in total. The average molecular weight is 424 g/mol. The number of benzene rings is 2. The van der Waals surface area contributed by atoms with Crippen molar-refractivity contribution in [2.75, 3.05) is 24.7 Å². The monoisotopic (exact) mass is 424 g/mol. The highest BCUT2D eigenvalue weighted by molar-refractivity contribution is 6.00. The van der Waals surface area contributed by atoms with E-state index >= 15 is 0 Å². The SMILES string of the molecule is Cc1ccc(N2CC(C(=O)NC(c3ccc4c(c3)OCCO4)C3CC3)CC2=O)c(F)c1. The molecule has 2 atom stereocenters. The highest BCUT2D eigenvalue weighted by atomic mass is 19.1. The summed E-state index contributed by atoms with van der Waals surface area (Å²) in [5.74, 6) is 0.427. The Bertz CT molecular complexity index is 1040. The highest BCUT2D eigenvalue weighted by Gasteiger charge is 2.40. The Morgan fingerprint density at radius 1 is 1.13 bits per heavy atom. The number of anilines is 1. The number of ether oxygens (including phenoxy) is 2. The van der Waals surface area contributed by atoms with Crippen LogP contribution < -0.4 is 19.7 Å². The molecule has 2 aromatic carbocycles. The van der Waals surface area contributed by atoms with E-state index in [4.69, 9.17) is 9.47 Å². The van der Waals surface area contributed by atoms with Gasteiger partial charge in [0.1, 0.15) is 19.0 Å². The minimum atomic E-state index is -0.508. The van der Waals surface area contributed by atoms with Crippen LogP contribution in [0, 0.1) is 24.6 Å². The number of nitrogens with one attached hydrogen (secondary N) is 1. The maximum Gasteiger partial charge on any atom is 0.227 e. The van der Waals surface area contributed by atoms with Crippen molar-refractivity contribution in [2.45, 2.75) is 32.2 Å². The molecule has 3 aliphatic rings. The first kappa shape index (κ1) is 19.8. The van der Waals surface area contributed by atoms with E-state index in [1.54, 1.807) is 19.1 Å². The summed E-state index contributed by atoms with van der Waals surface area (Å²) in [6.45, 7) is 3.02. The van der Waals surface area contributed by atoms with Gasteiger partial charge in [-0.2, -0.15) is 0 Å². The third-order valence-corrected chi connectivity index (χ3v) is 6.21. The summed E-state index contributed by atoms with van der Waals surface area (Å²) < 4.78 is 25.7. The largest absolute Gasteiger partial charge is 0.486 e. The fourth-order valence-electron chi connectivity index (χ4n) is 4.37. The molecular weight excluding hydrogens is 399 g/mol. The molecule has 2 heterocycles. The van der Waals surface area contributed by atoms with E-state index in [0.29, 0.717) is 30.6 Å². The van der Waals surface area contributed by atoms with Crippen molar-refractivity contribution in [3.63, 3.8) is 0 Å². The summed E-state index contributed by atoms with van der Waals surface area (Å²) in [4.78, 5) is 27.0. The van der Waals surface area contributed by atoms with Gasteiger partial charge in [0.05, 0.1) is 17.6 Å². The molecule has 2 unspecified atom stereocenters. The Morgan fingerprint density at radius 3 is 2.65 bits per heavy atom. The fourth-order valence-corrected chi connectivity index (χ4v) is 4.37. The van der Waals surface area contributed by atoms with Crippen molar-refractivity contribution in [2.24, 2.45) is 11.8 Å². The maximum absolute atomic E-state index is 14.4. The lowest BCUT2D eigenvalue weighted by molar-refractivity contribution is -0.127. The molecule has 2 aliphatic heterocycles. The van der Waals surface area contributed by atoms with Gasteiger partial charge >= 0.3 is 0 Å². The second kappa shape index (κ2) is 7.87. The number of hydrogen-bond donors (Lipinski definition) is 1. The predicted molar refractivity (Wildman–Crippen MR) is 113 cm³/mol. The predicted octanol–water partition coefficient (Wildman–Crippen LogP) is 3.53. The van der Waals surface area contributed by atoms with E-state index in [-0.39, 0.29) is 36.5 Å². The molecule has 0 spiro atoms. The zero-order chi connectivity index (χ0) is 21.5. The zero-order valence-electron chi connectivity index (χ0n) is 17.4. The quantitative estimate of drug-likeness (QED) is 0.798. The van der Waals surface area contributed by atoms with Gasteiger partial charge in [0.15, 0.2) is 11.5 Å². The molecule has 0 bridgehead atoms. The molecule has 0 aromatic heterocycles. The van der Waals surface area contributed by atoms with Crippen molar-refractivity contribution < 1.29 is 23.5 Å². The summed E-state index contributed by atoms with van der Waals surface area (Å²) in [5, 5.41) is 3.15. The van der Waals surface area contributed by atoms with Gasteiger partial charge in [-0.3, -0.25) is 9.59 Å². The molecule has 1 saturated carbocycles. The molecule has 162 valence electrons. The summed E-state index contributed by atoms with van der Waals surface area (Å²) >= 11 is 0. The number of aryl methyl sites for hydroxylation is 1. The number of fused-ring (bicyclic) bond motifs is 1. The minimum absolute atomic E-state index is 0.0810. The molecular formula is C24H25FN2O4.